The van der Waals surface area contributed by atoms with Crippen LogP contribution in [0.2, 0.25) is 0 Å². The summed E-state index contributed by atoms with van der Waals surface area (Å²) in [7, 11) is 0. The van der Waals surface area contributed by atoms with Crippen LogP contribution in [0.25, 0.3) is 0 Å². The van der Waals surface area contributed by atoms with Gasteiger partial charge in [0.1, 0.15) is 0 Å². The van der Waals surface area contributed by atoms with E-state index < -0.39 is 0 Å². The molecule has 4 N–H and O–H groups in total. The van der Waals surface area contributed by atoms with E-state index in [2.05, 4.69) is 10.6 Å². The zero-order valence-corrected chi connectivity index (χ0v) is 14.7. The third-order valence-electron chi connectivity index (χ3n) is 4.55. The predicted octanol–water partition coefficient (Wildman–Crippen LogP) is 3.09. The van der Waals surface area contributed by atoms with Gasteiger partial charge in [0, 0.05) is 36.1 Å². The van der Waals surface area contributed by atoms with E-state index in [1.54, 1.807) is 24.3 Å². The number of urea groups is 1. The first-order valence-electron chi connectivity index (χ1n) is 8.90. The number of amides is 3. The minimum absolute atomic E-state index is 0.0146. The minimum atomic E-state index is -0.266. The van der Waals surface area contributed by atoms with Gasteiger partial charge >= 0.3 is 6.03 Å². The van der Waals surface area contributed by atoms with Gasteiger partial charge in [0.25, 0.3) is 5.91 Å². The van der Waals surface area contributed by atoms with Gasteiger partial charge in [0.15, 0.2) is 0 Å². The van der Waals surface area contributed by atoms with Crippen LogP contribution in [0.4, 0.5) is 16.2 Å². The molecule has 0 spiro atoms. The predicted molar refractivity (Wildman–Crippen MR) is 103 cm³/mol. The number of carbonyl (C=O) groups is 2. The van der Waals surface area contributed by atoms with Gasteiger partial charge in [0.2, 0.25) is 0 Å². The van der Waals surface area contributed by atoms with Crippen LogP contribution in [-0.2, 0) is 0 Å². The van der Waals surface area contributed by atoms with Crippen LogP contribution in [-0.4, -0.2) is 36.0 Å². The lowest BCUT2D eigenvalue weighted by molar-refractivity contribution is 0.0615. The second-order valence-corrected chi connectivity index (χ2v) is 6.47. The number of rotatable bonds is 4. The smallest absolute Gasteiger partial charge is 0.319 e. The van der Waals surface area contributed by atoms with E-state index in [0.717, 1.165) is 24.9 Å². The molecule has 0 radical (unpaired) electrons. The fourth-order valence-corrected chi connectivity index (χ4v) is 3.22. The molecule has 1 heterocycles. The van der Waals surface area contributed by atoms with E-state index in [1.165, 1.54) is 0 Å². The number of nitrogens with two attached hydrogens (primary N) is 1. The van der Waals surface area contributed by atoms with E-state index in [1.807, 2.05) is 35.2 Å². The summed E-state index contributed by atoms with van der Waals surface area (Å²) in [6.07, 6.45) is 2.90. The summed E-state index contributed by atoms with van der Waals surface area (Å²) >= 11 is 0. The lowest BCUT2D eigenvalue weighted by Gasteiger charge is -2.36. The van der Waals surface area contributed by atoms with Crippen LogP contribution in [0.3, 0.4) is 0 Å². The average molecular weight is 352 g/mol. The molecule has 1 fully saturated rings. The Labute approximate surface area is 153 Å². The number of likely N-dealkylation sites (tertiary alicyclic amines) is 1. The number of anilines is 2. The second-order valence-electron chi connectivity index (χ2n) is 6.47. The molecular weight excluding hydrogens is 328 g/mol. The number of nitrogen functional groups attached to an aromatic ring is 1. The Bertz CT molecular complexity index is 763. The van der Waals surface area contributed by atoms with Gasteiger partial charge in [-0.15, -0.1) is 0 Å². The van der Waals surface area contributed by atoms with Crippen molar-refractivity contribution in [2.75, 3.05) is 24.1 Å². The van der Waals surface area contributed by atoms with Crippen molar-refractivity contribution in [2.24, 2.45) is 0 Å². The average Bonchev–Trinajstić information content (AvgIpc) is 2.67. The first-order valence-corrected chi connectivity index (χ1v) is 8.90. The quantitative estimate of drug-likeness (QED) is 0.739. The van der Waals surface area contributed by atoms with Crippen molar-refractivity contribution in [2.45, 2.75) is 25.3 Å². The molecule has 3 rings (SSSR count). The van der Waals surface area contributed by atoms with Gasteiger partial charge in [-0.3, -0.25) is 4.79 Å². The molecule has 0 aliphatic carbocycles. The highest BCUT2D eigenvalue weighted by Gasteiger charge is 2.27. The zero-order chi connectivity index (χ0) is 18.4. The summed E-state index contributed by atoms with van der Waals surface area (Å²) in [5.41, 5.74) is 7.70. The Kier molecular flexibility index (Phi) is 5.73. The van der Waals surface area contributed by atoms with E-state index in [-0.39, 0.29) is 18.0 Å². The van der Waals surface area contributed by atoms with Crippen molar-refractivity contribution in [1.29, 1.82) is 0 Å². The van der Waals surface area contributed by atoms with Crippen LogP contribution >= 0.6 is 0 Å². The van der Waals surface area contributed by atoms with E-state index in [4.69, 9.17) is 5.73 Å². The standard InChI is InChI=1S/C20H24N4O2/c21-16-8-6-7-15(13-16)19(25)24-12-5-4-11-18(24)14-22-20(26)23-17-9-2-1-3-10-17/h1-3,6-10,13,18H,4-5,11-12,14,21H2,(H2,22,23,26). The van der Waals surface area contributed by atoms with E-state index in [9.17, 15) is 9.59 Å². The topological polar surface area (TPSA) is 87.5 Å². The molecule has 1 aliphatic rings. The molecule has 1 aliphatic heterocycles. The monoisotopic (exact) mass is 352 g/mol. The molecule has 1 saturated heterocycles. The lowest BCUT2D eigenvalue weighted by Crippen LogP contribution is -2.50. The largest absolute Gasteiger partial charge is 0.399 e. The molecule has 136 valence electrons. The third kappa shape index (κ3) is 4.53. The Morgan fingerprint density at radius 2 is 1.88 bits per heavy atom. The first-order chi connectivity index (χ1) is 12.6. The van der Waals surface area contributed by atoms with Crippen molar-refractivity contribution in [1.82, 2.24) is 10.2 Å². The molecule has 6 heteroatoms. The summed E-state index contributed by atoms with van der Waals surface area (Å²) < 4.78 is 0. The normalized spacial score (nSPS) is 16.8. The van der Waals surface area contributed by atoms with Gasteiger partial charge < -0.3 is 21.3 Å². The Morgan fingerprint density at radius 3 is 2.65 bits per heavy atom. The number of hydrogen-bond acceptors (Lipinski definition) is 3. The highest BCUT2D eigenvalue weighted by Crippen LogP contribution is 2.20. The molecule has 1 unspecified atom stereocenters. The summed E-state index contributed by atoms with van der Waals surface area (Å²) in [6, 6.07) is 16.0. The molecule has 1 atom stereocenters. The van der Waals surface area contributed by atoms with Crippen LogP contribution in [0.1, 0.15) is 29.6 Å². The third-order valence-corrected chi connectivity index (χ3v) is 4.55. The summed E-state index contributed by atoms with van der Waals surface area (Å²) in [4.78, 5) is 26.8. The minimum Gasteiger partial charge on any atom is -0.399 e. The van der Waals surface area contributed by atoms with Gasteiger partial charge in [-0.05, 0) is 49.6 Å². The fourth-order valence-electron chi connectivity index (χ4n) is 3.22. The van der Waals surface area contributed by atoms with Crippen LogP contribution in [0, 0.1) is 0 Å². The van der Waals surface area contributed by atoms with Gasteiger partial charge in [-0.25, -0.2) is 4.79 Å². The second kappa shape index (κ2) is 8.38. The molecule has 26 heavy (non-hydrogen) atoms. The SMILES string of the molecule is Nc1cccc(C(=O)N2CCCCC2CNC(=O)Nc2ccccc2)c1. The number of hydrogen-bond donors (Lipinski definition) is 3. The van der Waals surface area contributed by atoms with Crippen LogP contribution in [0.5, 0.6) is 0 Å². The summed E-state index contributed by atoms with van der Waals surface area (Å²) in [6.45, 7) is 1.12. The molecular formula is C20H24N4O2. The van der Waals surface area contributed by atoms with E-state index in [0.29, 0.717) is 24.3 Å². The van der Waals surface area contributed by atoms with Crippen molar-refractivity contribution < 1.29 is 9.59 Å². The fraction of sp³-hybridized carbons (Fsp3) is 0.300. The summed E-state index contributed by atoms with van der Waals surface area (Å²) in [5, 5.41) is 5.67. The van der Waals surface area contributed by atoms with Crippen molar-refractivity contribution in [3.63, 3.8) is 0 Å². The number of piperidine rings is 1. The first kappa shape index (κ1) is 17.8. The van der Waals surface area contributed by atoms with Gasteiger partial charge in [0.05, 0.1) is 0 Å². The van der Waals surface area contributed by atoms with Crippen molar-refractivity contribution in [3.05, 3.63) is 60.2 Å². The van der Waals surface area contributed by atoms with Gasteiger partial charge in [-0.1, -0.05) is 24.3 Å². The number of benzene rings is 2. The molecule has 2 aromatic rings. The maximum atomic E-state index is 12.8. The maximum absolute atomic E-state index is 12.8. The zero-order valence-electron chi connectivity index (χ0n) is 14.7. The Hall–Kier alpha value is -3.02. The van der Waals surface area contributed by atoms with Crippen molar-refractivity contribution in [3.8, 4) is 0 Å². The molecule has 3 amide bonds. The maximum Gasteiger partial charge on any atom is 0.319 e. The number of nitrogens with one attached hydrogen (secondary N) is 2. The number of nitrogens with zero attached hydrogens (tertiary/aromatic N) is 1. The lowest BCUT2D eigenvalue weighted by atomic mass is 10.0. The molecule has 0 aromatic heterocycles. The van der Waals surface area contributed by atoms with Crippen LogP contribution < -0.4 is 16.4 Å². The number of carbonyl (C=O) groups excluding carboxylic acids is 2. The summed E-state index contributed by atoms with van der Waals surface area (Å²) in [5.74, 6) is -0.0349. The van der Waals surface area contributed by atoms with Crippen molar-refractivity contribution >= 4 is 23.3 Å². The molecule has 2 aromatic carbocycles. The Morgan fingerprint density at radius 1 is 1.08 bits per heavy atom. The Balaban J connectivity index is 1.60. The van der Waals surface area contributed by atoms with Gasteiger partial charge in [-0.2, -0.15) is 0 Å². The number of para-hydroxylation sites is 1. The molecule has 6 nitrogen and oxygen atoms in total. The highest BCUT2D eigenvalue weighted by atomic mass is 16.2. The van der Waals surface area contributed by atoms with Crippen LogP contribution in [0.15, 0.2) is 54.6 Å². The van der Waals surface area contributed by atoms with E-state index >= 15 is 0 Å². The highest BCUT2D eigenvalue weighted by molar-refractivity contribution is 5.95. The molecule has 0 saturated carbocycles. The molecule has 0 bridgehead atoms.